The number of rotatable bonds is 5. The Kier molecular flexibility index (Phi) is 5.13. The fourth-order valence-electron chi connectivity index (χ4n) is 2.37. The summed E-state index contributed by atoms with van der Waals surface area (Å²) >= 11 is 0. The molecule has 1 fully saturated rings. The monoisotopic (exact) mass is 250 g/mol. The average Bonchev–Trinajstić information content (AvgIpc) is 2.43. The molecule has 0 saturated carbocycles. The van der Waals surface area contributed by atoms with Gasteiger partial charge in [0.25, 0.3) is 0 Å². The Morgan fingerprint density at radius 3 is 2.17 bits per heavy atom. The molecule has 4 heteroatoms. The molecule has 1 aromatic carbocycles. The first-order chi connectivity index (χ1) is 8.83. The summed E-state index contributed by atoms with van der Waals surface area (Å²) in [6.07, 6.45) is -0.205. The SMILES string of the molecule is COC(OC)N1CCN(Cc2ccccc2)CC1. The van der Waals surface area contributed by atoms with Crippen molar-refractivity contribution in [1.29, 1.82) is 0 Å². The van der Waals surface area contributed by atoms with E-state index < -0.39 is 0 Å². The number of piperazine rings is 1. The third-order valence-corrected chi connectivity index (χ3v) is 3.36. The smallest absolute Gasteiger partial charge is 0.218 e. The Bertz CT molecular complexity index is 333. The van der Waals surface area contributed by atoms with Gasteiger partial charge in [0.05, 0.1) is 0 Å². The van der Waals surface area contributed by atoms with Gasteiger partial charge in [0, 0.05) is 46.9 Å². The molecule has 0 aromatic heterocycles. The van der Waals surface area contributed by atoms with Gasteiger partial charge < -0.3 is 9.47 Å². The molecule has 1 aliphatic rings. The minimum atomic E-state index is -0.205. The van der Waals surface area contributed by atoms with E-state index in [1.54, 1.807) is 14.2 Å². The van der Waals surface area contributed by atoms with Gasteiger partial charge in [-0.3, -0.25) is 9.80 Å². The normalized spacial score (nSPS) is 18.4. The summed E-state index contributed by atoms with van der Waals surface area (Å²) < 4.78 is 10.6. The van der Waals surface area contributed by atoms with Gasteiger partial charge in [-0.1, -0.05) is 30.3 Å². The molecule has 0 unspecified atom stereocenters. The van der Waals surface area contributed by atoms with Gasteiger partial charge >= 0.3 is 0 Å². The van der Waals surface area contributed by atoms with Crippen molar-refractivity contribution in [3.8, 4) is 0 Å². The van der Waals surface area contributed by atoms with Crippen molar-refractivity contribution in [3.05, 3.63) is 35.9 Å². The molecule has 0 aliphatic carbocycles. The molecule has 4 nitrogen and oxygen atoms in total. The van der Waals surface area contributed by atoms with E-state index in [2.05, 4.69) is 40.1 Å². The first-order valence-corrected chi connectivity index (χ1v) is 6.39. The highest BCUT2D eigenvalue weighted by Crippen LogP contribution is 2.11. The largest absolute Gasteiger partial charge is 0.343 e. The maximum Gasteiger partial charge on any atom is 0.218 e. The van der Waals surface area contributed by atoms with Gasteiger partial charge in [-0.2, -0.15) is 0 Å². The second kappa shape index (κ2) is 6.85. The summed E-state index contributed by atoms with van der Waals surface area (Å²) in [6, 6.07) is 10.6. The topological polar surface area (TPSA) is 24.9 Å². The zero-order valence-electron chi connectivity index (χ0n) is 11.2. The Morgan fingerprint density at radius 1 is 1.00 bits per heavy atom. The minimum absolute atomic E-state index is 0.205. The molecule has 0 atom stereocenters. The summed E-state index contributed by atoms with van der Waals surface area (Å²) in [6.45, 7) is 5.11. The second-order valence-corrected chi connectivity index (χ2v) is 4.58. The number of methoxy groups -OCH3 is 2. The van der Waals surface area contributed by atoms with Crippen LogP contribution in [0, 0.1) is 0 Å². The van der Waals surface area contributed by atoms with Crippen LogP contribution in [0.5, 0.6) is 0 Å². The lowest BCUT2D eigenvalue weighted by atomic mass is 10.2. The highest BCUT2D eigenvalue weighted by atomic mass is 16.7. The Morgan fingerprint density at radius 2 is 1.61 bits per heavy atom. The molecule has 1 saturated heterocycles. The van der Waals surface area contributed by atoms with Gasteiger partial charge in [0.15, 0.2) is 0 Å². The van der Waals surface area contributed by atoms with E-state index in [1.807, 2.05) is 0 Å². The van der Waals surface area contributed by atoms with Crippen molar-refractivity contribution in [2.45, 2.75) is 13.0 Å². The second-order valence-electron chi connectivity index (χ2n) is 4.58. The van der Waals surface area contributed by atoms with E-state index >= 15 is 0 Å². The van der Waals surface area contributed by atoms with Crippen LogP contribution in [0.4, 0.5) is 0 Å². The highest BCUT2D eigenvalue weighted by molar-refractivity contribution is 5.14. The lowest BCUT2D eigenvalue weighted by molar-refractivity contribution is -0.203. The molecule has 1 aliphatic heterocycles. The zero-order valence-corrected chi connectivity index (χ0v) is 11.2. The first-order valence-electron chi connectivity index (χ1n) is 6.39. The Hall–Kier alpha value is -0.940. The van der Waals surface area contributed by atoms with Crippen LogP contribution in [0.25, 0.3) is 0 Å². The fourth-order valence-corrected chi connectivity index (χ4v) is 2.37. The third kappa shape index (κ3) is 3.53. The number of ether oxygens (including phenoxy) is 2. The van der Waals surface area contributed by atoms with Gasteiger partial charge in [-0.05, 0) is 5.56 Å². The van der Waals surface area contributed by atoms with Crippen LogP contribution in [0.15, 0.2) is 30.3 Å². The number of nitrogens with zero attached hydrogens (tertiary/aromatic N) is 2. The van der Waals surface area contributed by atoms with Crippen LogP contribution in [0.2, 0.25) is 0 Å². The van der Waals surface area contributed by atoms with Crippen molar-refractivity contribution in [2.75, 3.05) is 40.4 Å². The maximum absolute atomic E-state index is 5.28. The van der Waals surface area contributed by atoms with E-state index in [0.717, 1.165) is 32.7 Å². The van der Waals surface area contributed by atoms with Crippen molar-refractivity contribution in [2.24, 2.45) is 0 Å². The van der Waals surface area contributed by atoms with Crippen molar-refractivity contribution >= 4 is 0 Å². The zero-order chi connectivity index (χ0) is 12.8. The van der Waals surface area contributed by atoms with Crippen LogP contribution in [0.3, 0.4) is 0 Å². The summed E-state index contributed by atoms with van der Waals surface area (Å²) in [5.74, 6) is 0. The van der Waals surface area contributed by atoms with Gasteiger partial charge in [0.2, 0.25) is 6.41 Å². The molecule has 0 spiro atoms. The molecule has 0 radical (unpaired) electrons. The predicted molar refractivity (Wildman–Crippen MR) is 71.1 cm³/mol. The number of hydrogen-bond donors (Lipinski definition) is 0. The molecule has 18 heavy (non-hydrogen) atoms. The molecule has 1 aromatic rings. The van der Waals surface area contributed by atoms with Crippen LogP contribution in [0.1, 0.15) is 5.56 Å². The third-order valence-electron chi connectivity index (χ3n) is 3.36. The summed E-state index contributed by atoms with van der Waals surface area (Å²) in [7, 11) is 3.37. The van der Waals surface area contributed by atoms with Gasteiger partial charge in [-0.15, -0.1) is 0 Å². The standard InChI is InChI=1S/C14H22N2O2/c1-17-14(18-2)16-10-8-15(9-11-16)12-13-6-4-3-5-7-13/h3-7,14H,8-12H2,1-2H3. The van der Waals surface area contributed by atoms with Crippen molar-refractivity contribution in [3.63, 3.8) is 0 Å². The molecule has 2 rings (SSSR count). The number of benzene rings is 1. The predicted octanol–water partition coefficient (Wildman–Crippen LogP) is 1.38. The fraction of sp³-hybridized carbons (Fsp3) is 0.571. The van der Waals surface area contributed by atoms with Crippen LogP contribution in [-0.2, 0) is 16.0 Å². The molecule has 0 amide bonds. The van der Waals surface area contributed by atoms with Gasteiger partial charge in [-0.25, -0.2) is 0 Å². The lowest BCUT2D eigenvalue weighted by Crippen LogP contribution is -2.51. The van der Waals surface area contributed by atoms with Gasteiger partial charge in [0.1, 0.15) is 0 Å². The average molecular weight is 250 g/mol. The van der Waals surface area contributed by atoms with E-state index in [-0.39, 0.29) is 6.41 Å². The minimum Gasteiger partial charge on any atom is -0.343 e. The molecule has 0 N–H and O–H groups in total. The molecular formula is C14H22N2O2. The Labute approximate surface area is 109 Å². The molecule has 1 heterocycles. The Balaban J connectivity index is 1.80. The first kappa shape index (κ1) is 13.5. The van der Waals surface area contributed by atoms with Crippen LogP contribution >= 0.6 is 0 Å². The van der Waals surface area contributed by atoms with E-state index in [9.17, 15) is 0 Å². The number of hydrogen-bond acceptors (Lipinski definition) is 4. The quantitative estimate of drug-likeness (QED) is 0.737. The van der Waals surface area contributed by atoms with Crippen molar-refractivity contribution in [1.82, 2.24) is 9.80 Å². The summed E-state index contributed by atoms with van der Waals surface area (Å²) in [5, 5.41) is 0. The van der Waals surface area contributed by atoms with E-state index in [1.165, 1.54) is 5.56 Å². The van der Waals surface area contributed by atoms with E-state index in [0.29, 0.717) is 0 Å². The molecule has 100 valence electrons. The summed E-state index contributed by atoms with van der Waals surface area (Å²) in [5.41, 5.74) is 1.38. The van der Waals surface area contributed by atoms with Crippen LogP contribution < -0.4 is 0 Å². The van der Waals surface area contributed by atoms with Crippen molar-refractivity contribution < 1.29 is 9.47 Å². The molecule has 0 bridgehead atoms. The molecular weight excluding hydrogens is 228 g/mol. The highest BCUT2D eigenvalue weighted by Gasteiger charge is 2.23. The lowest BCUT2D eigenvalue weighted by Gasteiger charge is -2.37. The van der Waals surface area contributed by atoms with Crippen LogP contribution in [-0.4, -0.2) is 56.6 Å². The van der Waals surface area contributed by atoms with E-state index in [4.69, 9.17) is 9.47 Å². The maximum atomic E-state index is 5.28. The summed E-state index contributed by atoms with van der Waals surface area (Å²) in [4.78, 5) is 4.69.